The first kappa shape index (κ1) is 18.7. The van der Waals surface area contributed by atoms with Crippen molar-refractivity contribution in [2.24, 2.45) is 0 Å². The zero-order valence-corrected chi connectivity index (χ0v) is 13.7. The molecule has 128 valence electrons. The first-order valence-corrected chi connectivity index (χ1v) is 7.08. The second-order valence-corrected chi connectivity index (χ2v) is 6.34. The fourth-order valence-electron chi connectivity index (χ4n) is 1.88. The summed E-state index contributed by atoms with van der Waals surface area (Å²) in [4.78, 5) is 23.4. The van der Waals surface area contributed by atoms with E-state index >= 15 is 0 Å². The average molecular weight is 327 g/mol. The monoisotopic (exact) mass is 327 g/mol. The Bertz CT molecular complexity index is 553. The summed E-state index contributed by atoms with van der Waals surface area (Å²) in [5.74, 6) is -0.846. The third-order valence-electron chi connectivity index (χ3n) is 2.95. The number of hydrogen-bond acceptors (Lipinski definition) is 4. The van der Waals surface area contributed by atoms with Crippen LogP contribution < -0.4 is 10.1 Å². The van der Waals surface area contributed by atoms with Crippen LogP contribution >= 0.6 is 0 Å². The lowest BCUT2D eigenvalue weighted by Crippen LogP contribution is -2.54. The van der Waals surface area contributed by atoms with E-state index in [1.165, 1.54) is 19.1 Å². The number of carboxylic acid groups (broad SMARTS) is 1. The van der Waals surface area contributed by atoms with Crippen molar-refractivity contribution in [2.75, 3.05) is 6.86 Å². The summed E-state index contributed by atoms with van der Waals surface area (Å²) in [7, 11) is 0. The molecular formula is C16H22FNO5. The largest absolute Gasteiger partial charge is 0.480 e. The zero-order chi connectivity index (χ0) is 17.7. The van der Waals surface area contributed by atoms with Crippen LogP contribution in [0.3, 0.4) is 0 Å². The summed E-state index contributed by atoms with van der Waals surface area (Å²) < 4.78 is 21.9. The molecule has 0 radical (unpaired) electrons. The molecule has 1 aromatic carbocycles. The number of nitrogens with one attached hydrogen (secondary N) is 1. The van der Waals surface area contributed by atoms with Gasteiger partial charge in [0.1, 0.15) is 16.9 Å². The molecule has 0 aliphatic heterocycles. The minimum Gasteiger partial charge on any atom is -0.480 e. The van der Waals surface area contributed by atoms with Crippen molar-refractivity contribution in [1.82, 2.24) is 5.32 Å². The lowest BCUT2D eigenvalue weighted by atomic mass is 9.93. The molecule has 1 atom stereocenters. The van der Waals surface area contributed by atoms with Gasteiger partial charge in [-0.15, -0.1) is 0 Å². The lowest BCUT2D eigenvalue weighted by molar-refractivity contribution is -0.144. The van der Waals surface area contributed by atoms with Crippen LogP contribution in [0.4, 0.5) is 9.18 Å². The molecule has 0 saturated carbocycles. The number of carboxylic acids is 1. The van der Waals surface area contributed by atoms with E-state index < -0.39 is 30.1 Å². The molecule has 0 aromatic heterocycles. The van der Waals surface area contributed by atoms with Crippen molar-refractivity contribution in [3.05, 3.63) is 29.8 Å². The number of alkyl carbamates (subject to hydrolysis) is 1. The summed E-state index contributed by atoms with van der Waals surface area (Å²) in [6.07, 6.45) is -0.767. The first-order valence-electron chi connectivity index (χ1n) is 7.08. The number of rotatable bonds is 6. The van der Waals surface area contributed by atoms with Crippen molar-refractivity contribution < 1.29 is 28.6 Å². The van der Waals surface area contributed by atoms with Gasteiger partial charge in [-0.05, 0) is 45.4 Å². The minimum atomic E-state index is -1.54. The molecule has 23 heavy (non-hydrogen) atoms. The van der Waals surface area contributed by atoms with E-state index in [4.69, 9.17) is 4.74 Å². The lowest BCUT2D eigenvalue weighted by Gasteiger charge is -2.28. The Hall–Kier alpha value is -2.31. The van der Waals surface area contributed by atoms with Crippen molar-refractivity contribution in [1.29, 1.82) is 0 Å². The van der Waals surface area contributed by atoms with Crippen molar-refractivity contribution in [3.8, 4) is 5.75 Å². The van der Waals surface area contributed by atoms with E-state index in [2.05, 4.69) is 10.1 Å². The van der Waals surface area contributed by atoms with E-state index in [0.717, 1.165) is 0 Å². The quantitative estimate of drug-likeness (QED) is 0.839. The highest BCUT2D eigenvalue weighted by Crippen LogP contribution is 2.19. The van der Waals surface area contributed by atoms with Gasteiger partial charge in [0.05, 0.1) is 0 Å². The van der Waals surface area contributed by atoms with E-state index in [9.17, 15) is 19.1 Å². The van der Waals surface area contributed by atoms with Crippen molar-refractivity contribution in [3.63, 3.8) is 0 Å². The van der Waals surface area contributed by atoms with Crippen molar-refractivity contribution >= 4 is 12.1 Å². The normalized spacial score (nSPS) is 13.8. The van der Waals surface area contributed by atoms with Crippen LogP contribution in [0.5, 0.6) is 5.75 Å². The number of carbonyl (C=O) groups excluding carboxylic acids is 1. The van der Waals surface area contributed by atoms with Gasteiger partial charge in [0.2, 0.25) is 6.86 Å². The van der Waals surface area contributed by atoms with Crippen LogP contribution in [0.1, 0.15) is 33.3 Å². The predicted octanol–water partition coefficient (Wildman–Crippen LogP) is 2.90. The molecule has 1 aromatic rings. The Kier molecular flexibility index (Phi) is 5.95. The Balaban J connectivity index is 2.84. The maximum Gasteiger partial charge on any atom is 0.408 e. The van der Waals surface area contributed by atoms with Crippen LogP contribution in [0.2, 0.25) is 0 Å². The Morgan fingerprint density at radius 2 is 1.74 bits per heavy atom. The Labute approximate surface area is 134 Å². The molecule has 0 bridgehead atoms. The van der Waals surface area contributed by atoms with Gasteiger partial charge in [0, 0.05) is 6.42 Å². The van der Waals surface area contributed by atoms with Gasteiger partial charge in [-0.1, -0.05) is 12.1 Å². The highest BCUT2D eigenvalue weighted by molar-refractivity contribution is 5.84. The van der Waals surface area contributed by atoms with Crippen LogP contribution in [0.25, 0.3) is 0 Å². The molecule has 7 heteroatoms. The maximum absolute atomic E-state index is 12.1. The third-order valence-corrected chi connectivity index (χ3v) is 2.95. The van der Waals surface area contributed by atoms with Crippen LogP contribution in [0.15, 0.2) is 24.3 Å². The molecule has 2 N–H and O–H groups in total. The number of amides is 1. The van der Waals surface area contributed by atoms with Crippen molar-refractivity contribution in [2.45, 2.75) is 45.3 Å². The van der Waals surface area contributed by atoms with Gasteiger partial charge in [0.25, 0.3) is 0 Å². The first-order chi connectivity index (χ1) is 10.6. The predicted molar refractivity (Wildman–Crippen MR) is 82.2 cm³/mol. The van der Waals surface area contributed by atoms with Gasteiger partial charge in [0.15, 0.2) is 0 Å². The average Bonchev–Trinajstić information content (AvgIpc) is 2.38. The molecule has 0 aliphatic rings. The molecule has 0 aliphatic carbocycles. The fourth-order valence-corrected chi connectivity index (χ4v) is 1.88. The minimum absolute atomic E-state index is 0.0392. The maximum atomic E-state index is 12.1. The summed E-state index contributed by atoms with van der Waals surface area (Å²) in [6, 6.07) is 6.29. The van der Waals surface area contributed by atoms with Gasteiger partial charge < -0.3 is 19.9 Å². The van der Waals surface area contributed by atoms with Crippen LogP contribution in [-0.4, -0.2) is 35.2 Å². The zero-order valence-electron chi connectivity index (χ0n) is 13.7. The SMILES string of the molecule is CC(C)(C)OC(=O)N[C@](C)(Cc1ccc(OCF)cc1)C(=O)O. The van der Waals surface area contributed by atoms with Gasteiger partial charge in [-0.2, -0.15) is 0 Å². The summed E-state index contributed by atoms with van der Waals surface area (Å²) in [5, 5.41) is 11.8. The molecule has 0 spiro atoms. The van der Waals surface area contributed by atoms with Gasteiger partial charge >= 0.3 is 12.1 Å². The number of aliphatic carboxylic acids is 1. The van der Waals surface area contributed by atoms with Gasteiger partial charge in [-0.25, -0.2) is 14.0 Å². The number of halogens is 1. The highest BCUT2D eigenvalue weighted by atomic mass is 19.1. The Morgan fingerprint density at radius 3 is 2.17 bits per heavy atom. The second kappa shape index (κ2) is 7.30. The number of benzene rings is 1. The molecule has 0 unspecified atom stereocenters. The van der Waals surface area contributed by atoms with E-state index in [-0.39, 0.29) is 6.42 Å². The van der Waals surface area contributed by atoms with Crippen LogP contribution in [-0.2, 0) is 16.0 Å². The fraction of sp³-hybridized carbons (Fsp3) is 0.500. The number of alkyl halides is 1. The summed E-state index contributed by atoms with van der Waals surface area (Å²) in [5.41, 5.74) is -1.61. The standard InChI is InChI=1S/C16H22FNO5/c1-15(2,3)23-14(21)18-16(4,13(19)20)9-11-5-7-12(8-6-11)22-10-17/h5-8H,9-10H2,1-4H3,(H,18,21)(H,19,20)/t16-/m1/s1. The number of hydrogen-bond donors (Lipinski definition) is 2. The molecule has 6 nitrogen and oxygen atoms in total. The molecular weight excluding hydrogens is 305 g/mol. The molecule has 0 saturated heterocycles. The molecule has 0 heterocycles. The number of carbonyl (C=O) groups is 2. The topological polar surface area (TPSA) is 84.9 Å². The summed E-state index contributed by atoms with van der Waals surface area (Å²) in [6.45, 7) is 5.52. The van der Waals surface area contributed by atoms with E-state index in [0.29, 0.717) is 11.3 Å². The van der Waals surface area contributed by atoms with E-state index in [1.807, 2.05) is 0 Å². The summed E-state index contributed by atoms with van der Waals surface area (Å²) >= 11 is 0. The third kappa shape index (κ3) is 6.14. The smallest absolute Gasteiger partial charge is 0.408 e. The molecule has 1 rings (SSSR count). The van der Waals surface area contributed by atoms with Crippen LogP contribution in [0, 0.1) is 0 Å². The second-order valence-electron chi connectivity index (χ2n) is 6.34. The Morgan fingerprint density at radius 1 is 1.17 bits per heavy atom. The number of ether oxygens (including phenoxy) is 2. The highest BCUT2D eigenvalue weighted by Gasteiger charge is 2.36. The van der Waals surface area contributed by atoms with E-state index in [1.54, 1.807) is 32.9 Å². The molecule has 0 fully saturated rings. The van der Waals surface area contributed by atoms with Gasteiger partial charge in [-0.3, -0.25) is 0 Å². The molecule has 1 amide bonds.